The number of benzene rings is 1. The van der Waals surface area contributed by atoms with E-state index in [4.69, 9.17) is 9.84 Å². The van der Waals surface area contributed by atoms with Crippen LogP contribution in [0.25, 0.3) is 0 Å². The topological polar surface area (TPSA) is 32.7 Å². The van der Waals surface area contributed by atoms with Crippen molar-refractivity contribution in [3.05, 3.63) is 35.1 Å². The fourth-order valence-corrected chi connectivity index (χ4v) is 2.67. The SMILES string of the molecule is CCC1COC(C)CN1Cc1cc(F)cc(C#CCO)c1. The molecule has 1 heterocycles. The van der Waals surface area contributed by atoms with Crippen LogP contribution in [0.1, 0.15) is 31.4 Å². The van der Waals surface area contributed by atoms with E-state index in [1.807, 2.05) is 6.07 Å². The lowest BCUT2D eigenvalue weighted by Crippen LogP contribution is -2.47. The van der Waals surface area contributed by atoms with E-state index in [0.717, 1.165) is 25.1 Å². The number of hydrogen-bond donors (Lipinski definition) is 1. The van der Waals surface area contributed by atoms with Crippen LogP contribution >= 0.6 is 0 Å². The number of aliphatic hydroxyl groups excluding tert-OH is 1. The molecule has 2 atom stereocenters. The van der Waals surface area contributed by atoms with E-state index in [9.17, 15) is 4.39 Å². The molecule has 1 aliphatic heterocycles. The standard InChI is InChI=1S/C17H22FNO2/c1-3-17-12-21-13(2)10-19(17)11-15-7-14(5-4-6-20)8-16(18)9-15/h7-9,13,17,20H,3,6,10-12H2,1-2H3. The second-order valence-corrected chi connectivity index (χ2v) is 5.44. The first-order valence-electron chi connectivity index (χ1n) is 7.37. The molecule has 0 bridgehead atoms. The summed E-state index contributed by atoms with van der Waals surface area (Å²) in [7, 11) is 0. The fraction of sp³-hybridized carbons (Fsp3) is 0.529. The average Bonchev–Trinajstić information content (AvgIpc) is 2.45. The van der Waals surface area contributed by atoms with Crippen LogP contribution in [0.2, 0.25) is 0 Å². The number of aliphatic hydroxyl groups is 1. The van der Waals surface area contributed by atoms with Crippen LogP contribution in [0.4, 0.5) is 4.39 Å². The van der Waals surface area contributed by atoms with Crippen LogP contribution in [0.3, 0.4) is 0 Å². The van der Waals surface area contributed by atoms with Crippen molar-refractivity contribution >= 4 is 0 Å². The summed E-state index contributed by atoms with van der Waals surface area (Å²) < 4.78 is 19.4. The Bertz CT molecular complexity index is 535. The maximum atomic E-state index is 13.7. The van der Waals surface area contributed by atoms with Gasteiger partial charge in [-0.05, 0) is 37.1 Å². The summed E-state index contributed by atoms with van der Waals surface area (Å²) in [6, 6.07) is 5.21. The number of nitrogens with zero attached hydrogens (tertiary/aromatic N) is 1. The molecule has 0 amide bonds. The first kappa shape index (κ1) is 16.0. The Morgan fingerprint density at radius 3 is 2.95 bits per heavy atom. The summed E-state index contributed by atoms with van der Waals surface area (Å²) >= 11 is 0. The molecule has 1 saturated heterocycles. The number of rotatable bonds is 3. The lowest BCUT2D eigenvalue weighted by Gasteiger charge is -2.38. The van der Waals surface area contributed by atoms with Crippen molar-refractivity contribution < 1.29 is 14.2 Å². The molecule has 1 N–H and O–H groups in total. The van der Waals surface area contributed by atoms with Gasteiger partial charge < -0.3 is 9.84 Å². The molecule has 0 saturated carbocycles. The van der Waals surface area contributed by atoms with Gasteiger partial charge >= 0.3 is 0 Å². The maximum Gasteiger partial charge on any atom is 0.124 e. The molecule has 1 aromatic carbocycles. The summed E-state index contributed by atoms with van der Waals surface area (Å²) in [5.74, 6) is 5.03. The molecule has 21 heavy (non-hydrogen) atoms. The van der Waals surface area contributed by atoms with Crippen LogP contribution in [-0.2, 0) is 11.3 Å². The van der Waals surface area contributed by atoms with Gasteiger partial charge in [0.1, 0.15) is 12.4 Å². The Morgan fingerprint density at radius 2 is 2.24 bits per heavy atom. The maximum absolute atomic E-state index is 13.7. The highest BCUT2D eigenvalue weighted by molar-refractivity contribution is 5.37. The van der Waals surface area contributed by atoms with Crippen molar-refractivity contribution in [1.29, 1.82) is 0 Å². The zero-order valence-corrected chi connectivity index (χ0v) is 12.6. The molecule has 114 valence electrons. The predicted octanol–water partition coefficient (Wildman–Crippen LogP) is 2.17. The molecule has 0 radical (unpaired) electrons. The quantitative estimate of drug-likeness (QED) is 0.866. The predicted molar refractivity (Wildman–Crippen MR) is 80.3 cm³/mol. The van der Waals surface area contributed by atoms with Gasteiger partial charge in [-0.25, -0.2) is 4.39 Å². The lowest BCUT2D eigenvalue weighted by atomic mass is 10.1. The van der Waals surface area contributed by atoms with E-state index in [0.29, 0.717) is 18.2 Å². The minimum Gasteiger partial charge on any atom is -0.384 e. The number of hydrogen-bond acceptors (Lipinski definition) is 3. The highest BCUT2D eigenvalue weighted by Crippen LogP contribution is 2.19. The monoisotopic (exact) mass is 291 g/mol. The van der Waals surface area contributed by atoms with Gasteiger partial charge in [0.25, 0.3) is 0 Å². The van der Waals surface area contributed by atoms with Gasteiger partial charge in [0.15, 0.2) is 0 Å². The van der Waals surface area contributed by atoms with Crippen LogP contribution in [-0.4, -0.2) is 41.9 Å². The zero-order valence-electron chi connectivity index (χ0n) is 12.6. The minimum atomic E-state index is -0.288. The third kappa shape index (κ3) is 4.53. The summed E-state index contributed by atoms with van der Waals surface area (Å²) in [6.07, 6.45) is 1.22. The average molecular weight is 291 g/mol. The van der Waals surface area contributed by atoms with Crippen LogP contribution < -0.4 is 0 Å². The van der Waals surface area contributed by atoms with Gasteiger partial charge in [-0.3, -0.25) is 4.90 Å². The molecule has 0 spiro atoms. The highest BCUT2D eigenvalue weighted by atomic mass is 19.1. The van der Waals surface area contributed by atoms with E-state index in [1.54, 1.807) is 6.07 Å². The molecule has 4 heteroatoms. The van der Waals surface area contributed by atoms with Crippen molar-refractivity contribution in [3.8, 4) is 11.8 Å². The molecular weight excluding hydrogens is 269 g/mol. The Morgan fingerprint density at radius 1 is 1.43 bits per heavy atom. The molecule has 0 aromatic heterocycles. The van der Waals surface area contributed by atoms with Gasteiger partial charge in [-0.15, -0.1) is 0 Å². The van der Waals surface area contributed by atoms with Gasteiger partial charge in [-0.1, -0.05) is 18.8 Å². The normalized spacial score (nSPS) is 22.7. The molecule has 3 nitrogen and oxygen atoms in total. The van der Waals surface area contributed by atoms with Crippen molar-refractivity contribution in [2.75, 3.05) is 19.8 Å². The van der Waals surface area contributed by atoms with E-state index in [-0.39, 0.29) is 18.5 Å². The Hall–Kier alpha value is -1.41. The van der Waals surface area contributed by atoms with Gasteiger partial charge in [0.05, 0.1) is 12.7 Å². The molecule has 1 aliphatic rings. The third-order valence-corrected chi connectivity index (χ3v) is 3.71. The van der Waals surface area contributed by atoms with E-state index in [1.165, 1.54) is 6.07 Å². The number of morpholine rings is 1. The second kappa shape index (κ2) is 7.56. The molecule has 2 unspecified atom stereocenters. The van der Waals surface area contributed by atoms with Crippen molar-refractivity contribution in [3.63, 3.8) is 0 Å². The first-order chi connectivity index (χ1) is 10.1. The summed E-state index contributed by atoms with van der Waals surface area (Å²) in [6.45, 7) is 6.25. The lowest BCUT2D eigenvalue weighted by molar-refractivity contribution is -0.0592. The van der Waals surface area contributed by atoms with E-state index < -0.39 is 0 Å². The molecule has 1 fully saturated rings. The highest BCUT2D eigenvalue weighted by Gasteiger charge is 2.25. The number of halogens is 1. The van der Waals surface area contributed by atoms with Crippen molar-refractivity contribution in [2.45, 2.75) is 39.0 Å². The largest absolute Gasteiger partial charge is 0.384 e. The Kier molecular flexibility index (Phi) is 5.75. The van der Waals surface area contributed by atoms with Gasteiger partial charge in [-0.2, -0.15) is 0 Å². The Balaban J connectivity index is 2.15. The second-order valence-electron chi connectivity index (χ2n) is 5.44. The molecule has 2 rings (SSSR count). The van der Waals surface area contributed by atoms with Gasteiger partial charge in [0.2, 0.25) is 0 Å². The van der Waals surface area contributed by atoms with Crippen LogP contribution in [0, 0.1) is 17.7 Å². The molecule has 0 aliphatic carbocycles. The van der Waals surface area contributed by atoms with E-state index >= 15 is 0 Å². The summed E-state index contributed by atoms with van der Waals surface area (Å²) in [5.41, 5.74) is 1.51. The van der Waals surface area contributed by atoms with E-state index in [2.05, 4.69) is 30.6 Å². The zero-order chi connectivity index (χ0) is 15.2. The smallest absolute Gasteiger partial charge is 0.124 e. The van der Waals surface area contributed by atoms with Crippen molar-refractivity contribution in [1.82, 2.24) is 4.90 Å². The molecular formula is C17H22FNO2. The first-order valence-corrected chi connectivity index (χ1v) is 7.37. The summed E-state index contributed by atoms with van der Waals surface area (Å²) in [4.78, 5) is 2.34. The fourth-order valence-electron chi connectivity index (χ4n) is 2.67. The van der Waals surface area contributed by atoms with Crippen molar-refractivity contribution in [2.24, 2.45) is 0 Å². The summed E-state index contributed by atoms with van der Waals surface area (Å²) in [5, 5.41) is 8.73. The minimum absolute atomic E-state index is 0.204. The Labute approximate surface area is 125 Å². The van der Waals surface area contributed by atoms with Crippen LogP contribution in [0.15, 0.2) is 18.2 Å². The van der Waals surface area contributed by atoms with Crippen LogP contribution in [0.5, 0.6) is 0 Å². The number of ether oxygens (including phenoxy) is 1. The molecule has 1 aromatic rings. The van der Waals surface area contributed by atoms with Gasteiger partial charge in [0, 0.05) is 24.7 Å². The third-order valence-electron chi connectivity index (χ3n) is 3.71.